The summed E-state index contributed by atoms with van der Waals surface area (Å²) in [5.41, 5.74) is 3.89. The molecule has 2 heteroatoms. The molecule has 1 N–H and O–H groups in total. The van der Waals surface area contributed by atoms with E-state index in [0.29, 0.717) is 12.1 Å². The van der Waals surface area contributed by atoms with E-state index in [2.05, 4.69) is 45.1 Å². The van der Waals surface area contributed by atoms with Crippen LogP contribution in [0.3, 0.4) is 0 Å². The summed E-state index contributed by atoms with van der Waals surface area (Å²) in [5, 5.41) is 3.47. The highest BCUT2D eigenvalue weighted by Gasteiger charge is 2.18. The molecular formula is C17H27NO. The lowest BCUT2D eigenvalue weighted by Crippen LogP contribution is -2.22. The van der Waals surface area contributed by atoms with Crippen molar-refractivity contribution >= 4 is 0 Å². The van der Waals surface area contributed by atoms with Crippen LogP contribution in [-0.2, 0) is 6.54 Å². The van der Waals surface area contributed by atoms with Crippen LogP contribution in [0, 0.1) is 13.8 Å². The maximum Gasteiger partial charge on any atom is 0.125 e. The van der Waals surface area contributed by atoms with Crippen molar-refractivity contribution < 1.29 is 4.74 Å². The van der Waals surface area contributed by atoms with E-state index in [4.69, 9.17) is 4.74 Å². The van der Waals surface area contributed by atoms with Crippen LogP contribution in [0.5, 0.6) is 5.75 Å². The van der Waals surface area contributed by atoms with Gasteiger partial charge in [0.1, 0.15) is 5.75 Å². The summed E-state index contributed by atoms with van der Waals surface area (Å²) in [5.74, 6) is 1.11. The van der Waals surface area contributed by atoms with E-state index in [1.807, 2.05) is 0 Å². The van der Waals surface area contributed by atoms with Gasteiger partial charge >= 0.3 is 0 Å². The third-order valence-corrected chi connectivity index (χ3v) is 3.82. The summed E-state index contributed by atoms with van der Waals surface area (Å²) in [6.45, 7) is 9.62. The first-order chi connectivity index (χ1) is 9.06. The molecule has 1 aliphatic rings. The average molecular weight is 261 g/mol. The Labute approximate surface area is 117 Å². The molecule has 0 radical (unpaired) electrons. The van der Waals surface area contributed by atoms with Gasteiger partial charge in [-0.1, -0.05) is 26.0 Å². The van der Waals surface area contributed by atoms with Crippen LogP contribution in [-0.4, -0.2) is 12.1 Å². The molecule has 106 valence electrons. The zero-order valence-electron chi connectivity index (χ0n) is 12.8. The van der Waals surface area contributed by atoms with Gasteiger partial charge in [0.05, 0.1) is 6.10 Å². The maximum absolute atomic E-state index is 6.20. The van der Waals surface area contributed by atoms with Crippen LogP contribution >= 0.6 is 0 Å². The van der Waals surface area contributed by atoms with Crippen molar-refractivity contribution in [3.8, 4) is 5.75 Å². The van der Waals surface area contributed by atoms with Crippen molar-refractivity contribution in [3.63, 3.8) is 0 Å². The van der Waals surface area contributed by atoms with Gasteiger partial charge in [0.15, 0.2) is 0 Å². The number of hydrogen-bond donors (Lipinski definition) is 1. The first kappa shape index (κ1) is 14.4. The van der Waals surface area contributed by atoms with Crippen molar-refractivity contribution in [2.75, 3.05) is 0 Å². The molecule has 1 saturated carbocycles. The van der Waals surface area contributed by atoms with Crippen molar-refractivity contribution in [2.45, 2.75) is 72.1 Å². The quantitative estimate of drug-likeness (QED) is 0.860. The Morgan fingerprint density at radius 3 is 2.26 bits per heavy atom. The predicted octanol–water partition coefficient (Wildman–Crippen LogP) is 4.12. The van der Waals surface area contributed by atoms with E-state index in [1.165, 1.54) is 42.4 Å². The Balaban J connectivity index is 2.07. The lowest BCUT2D eigenvalue weighted by atomic mass is 10.1. The third-order valence-electron chi connectivity index (χ3n) is 3.82. The molecule has 2 nitrogen and oxygen atoms in total. The first-order valence-electron chi connectivity index (χ1n) is 7.56. The number of hydrogen-bond acceptors (Lipinski definition) is 2. The number of rotatable bonds is 5. The molecule has 0 aromatic heterocycles. The zero-order chi connectivity index (χ0) is 13.8. The summed E-state index contributed by atoms with van der Waals surface area (Å²) in [6.07, 6.45) is 5.51. The Hall–Kier alpha value is -1.02. The van der Waals surface area contributed by atoms with Crippen molar-refractivity contribution in [1.29, 1.82) is 0 Å². The molecule has 0 atom stereocenters. The van der Waals surface area contributed by atoms with E-state index in [9.17, 15) is 0 Å². The normalized spacial score (nSPS) is 16.3. The maximum atomic E-state index is 6.20. The van der Waals surface area contributed by atoms with Crippen LogP contribution in [0.2, 0.25) is 0 Å². The van der Waals surface area contributed by atoms with Gasteiger partial charge in [-0.2, -0.15) is 0 Å². The fourth-order valence-corrected chi connectivity index (χ4v) is 2.82. The minimum atomic E-state index is 0.442. The molecule has 0 unspecified atom stereocenters. The van der Waals surface area contributed by atoms with Gasteiger partial charge in [0.2, 0.25) is 0 Å². The van der Waals surface area contributed by atoms with E-state index in [-0.39, 0.29) is 0 Å². The molecule has 0 saturated heterocycles. The highest BCUT2D eigenvalue weighted by atomic mass is 16.5. The molecule has 1 aromatic carbocycles. The lowest BCUT2D eigenvalue weighted by molar-refractivity contribution is 0.207. The SMILES string of the molecule is Cc1cc(CNC(C)C)cc(C)c1OC1CCCC1. The molecular weight excluding hydrogens is 234 g/mol. The molecule has 0 bridgehead atoms. The van der Waals surface area contributed by atoms with Crippen LogP contribution in [0.1, 0.15) is 56.2 Å². The van der Waals surface area contributed by atoms with Crippen molar-refractivity contribution in [3.05, 3.63) is 28.8 Å². The number of ether oxygens (including phenoxy) is 1. The van der Waals surface area contributed by atoms with Crippen molar-refractivity contribution in [2.24, 2.45) is 0 Å². The van der Waals surface area contributed by atoms with Gasteiger partial charge in [-0.05, 0) is 56.2 Å². The Morgan fingerprint density at radius 2 is 1.74 bits per heavy atom. The van der Waals surface area contributed by atoms with E-state index in [0.717, 1.165) is 12.3 Å². The molecule has 0 heterocycles. The summed E-state index contributed by atoms with van der Waals surface area (Å²) in [7, 11) is 0. The van der Waals surface area contributed by atoms with Gasteiger partial charge in [-0.25, -0.2) is 0 Å². The van der Waals surface area contributed by atoms with Gasteiger partial charge in [-0.3, -0.25) is 0 Å². The molecule has 1 aliphatic carbocycles. The van der Waals surface area contributed by atoms with Crippen LogP contribution in [0.4, 0.5) is 0 Å². The average Bonchev–Trinajstić information content (AvgIpc) is 2.84. The number of aryl methyl sites for hydroxylation is 2. The monoisotopic (exact) mass is 261 g/mol. The van der Waals surface area contributed by atoms with Crippen LogP contribution in [0.25, 0.3) is 0 Å². The second-order valence-corrected chi connectivity index (χ2v) is 6.12. The van der Waals surface area contributed by atoms with E-state index >= 15 is 0 Å². The topological polar surface area (TPSA) is 21.3 Å². The standard InChI is InChI=1S/C17H27NO/c1-12(2)18-11-15-9-13(3)17(14(4)10-15)19-16-7-5-6-8-16/h9-10,12,16,18H,5-8,11H2,1-4H3. The minimum absolute atomic E-state index is 0.442. The molecule has 19 heavy (non-hydrogen) atoms. The van der Waals surface area contributed by atoms with Crippen LogP contribution < -0.4 is 10.1 Å². The second kappa shape index (κ2) is 6.42. The Morgan fingerprint density at radius 1 is 1.16 bits per heavy atom. The van der Waals surface area contributed by atoms with Gasteiger partial charge < -0.3 is 10.1 Å². The van der Waals surface area contributed by atoms with Gasteiger partial charge in [0, 0.05) is 12.6 Å². The zero-order valence-corrected chi connectivity index (χ0v) is 12.8. The molecule has 0 spiro atoms. The molecule has 0 aliphatic heterocycles. The van der Waals surface area contributed by atoms with E-state index < -0.39 is 0 Å². The molecule has 0 amide bonds. The molecule has 1 fully saturated rings. The summed E-state index contributed by atoms with van der Waals surface area (Å²) < 4.78 is 6.20. The summed E-state index contributed by atoms with van der Waals surface area (Å²) >= 11 is 0. The number of nitrogens with one attached hydrogen (secondary N) is 1. The molecule has 2 rings (SSSR count). The summed E-state index contributed by atoms with van der Waals surface area (Å²) in [6, 6.07) is 5.04. The minimum Gasteiger partial charge on any atom is -0.490 e. The fourth-order valence-electron chi connectivity index (χ4n) is 2.82. The Kier molecular flexibility index (Phi) is 4.87. The first-order valence-corrected chi connectivity index (χ1v) is 7.56. The highest BCUT2D eigenvalue weighted by Crippen LogP contribution is 2.30. The van der Waals surface area contributed by atoms with Crippen LogP contribution in [0.15, 0.2) is 12.1 Å². The van der Waals surface area contributed by atoms with E-state index in [1.54, 1.807) is 0 Å². The van der Waals surface area contributed by atoms with Gasteiger partial charge in [-0.15, -0.1) is 0 Å². The van der Waals surface area contributed by atoms with Gasteiger partial charge in [0.25, 0.3) is 0 Å². The predicted molar refractivity (Wildman–Crippen MR) is 80.8 cm³/mol. The number of benzene rings is 1. The second-order valence-electron chi connectivity index (χ2n) is 6.12. The largest absolute Gasteiger partial charge is 0.490 e. The molecule has 1 aromatic rings. The smallest absolute Gasteiger partial charge is 0.125 e. The van der Waals surface area contributed by atoms with Crippen molar-refractivity contribution in [1.82, 2.24) is 5.32 Å². The Bertz CT molecular complexity index is 396. The third kappa shape index (κ3) is 3.97. The fraction of sp³-hybridized carbons (Fsp3) is 0.647. The lowest BCUT2D eigenvalue weighted by Gasteiger charge is -2.19. The highest BCUT2D eigenvalue weighted by molar-refractivity contribution is 5.43. The summed E-state index contributed by atoms with van der Waals surface area (Å²) in [4.78, 5) is 0.